The van der Waals surface area contributed by atoms with Crippen molar-refractivity contribution in [1.82, 2.24) is 10.3 Å². The molecule has 4 heteroatoms. The zero-order valence-electron chi connectivity index (χ0n) is 9.36. The fourth-order valence-electron chi connectivity index (χ4n) is 1.71. The highest BCUT2D eigenvalue weighted by Crippen LogP contribution is 2.25. The van der Waals surface area contributed by atoms with E-state index in [1.165, 1.54) is 0 Å². The Bertz CT molecular complexity index is 407. The predicted molar refractivity (Wildman–Crippen MR) is 59.6 cm³/mol. The molecule has 0 atom stereocenters. The third-order valence-electron chi connectivity index (χ3n) is 2.72. The van der Waals surface area contributed by atoms with E-state index in [1.807, 2.05) is 18.2 Å². The number of hydrogen-bond acceptors (Lipinski definition) is 4. The van der Waals surface area contributed by atoms with Gasteiger partial charge >= 0.3 is 0 Å². The molecule has 16 heavy (non-hydrogen) atoms. The molecule has 4 nitrogen and oxygen atoms in total. The highest BCUT2D eigenvalue weighted by molar-refractivity contribution is 5.25. The molecule has 1 aromatic heterocycles. The lowest BCUT2D eigenvalue weighted by Gasteiger charge is -2.38. The molecule has 1 saturated heterocycles. The number of nitrogens with one attached hydrogen (secondary N) is 1. The van der Waals surface area contributed by atoms with E-state index in [-0.39, 0.29) is 5.41 Å². The van der Waals surface area contributed by atoms with Crippen molar-refractivity contribution in [3.8, 4) is 6.07 Å². The molecule has 0 aromatic carbocycles. The van der Waals surface area contributed by atoms with Gasteiger partial charge in [-0.15, -0.1) is 0 Å². The van der Waals surface area contributed by atoms with Crippen LogP contribution in [0.3, 0.4) is 0 Å². The average Bonchev–Trinajstić information content (AvgIpc) is 2.27. The molecule has 0 amide bonds. The molecule has 0 saturated carbocycles. The minimum Gasteiger partial charge on any atom is -0.380 e. The molecule has 1 fully saturated rings. The van der Waals surface area contributed by atoms with Gasteiger partial charge in [-0.2, -0.15) is 5.26 Å². The highest BCUT2D eigenvalue weighted by Gasteiger charge is 2.32. The van der Waals surface area contributed by atoms with Crippen molar-refractivity contribution in [2.45, 2.75) is 13.5 Å². The van der Waals surface area contributed by atoms with Crippen LogP contribution < -0.4 is 5.32 Å². The second-order valence-corrected chi connectivity index (χ2v) is 4.57. The van der Waals surface area contributed by atoms with Crippen LogP contribution in [0.1, 0.15) is 18.2 Å². The Balaban J connectivity index is 1.83. The van der Waals surface area contributed by atoms with E-state index >= 15 is 0 Å². The van der Waals surface area contributed by atoms with Crippen molar-refractivity contribution in [2.75, 3.05) is 19.8 Å². The Morgan fingerprint density at radius 3 is 3.06 bits per heavy atom. The fourth-order valence-corrected chi connectivity index (χ4v) is 1.71. The lowest BCUT2D eigenvalue weighted by molar-refractivity contribution is -0.0991. The van der Waals surface area contributed by atoms with Gasteiger partial charge in [0.25, 0.3) is 0 Å². The first-order valence-electron chi connectivity index (χ1n) is 5.35. The second-order valence-electron chi connectivity index (χ2n) is 4.57. The second kappa shape index (κ2) is 4.60. The maximum Gasteiger partial charge on any atom is 0.140 e. The van der Waals surface area contributed by atoms with Crippen molar-refractivity contribution in [3.05, 3.63) is 29.6 Å². The largest absolute Gasteiger partial charge is 0.380 e. The van der Waals surface area contributed by atoms with Crippen molar-refractivity contribution in [1.29, 1.82) is 5.26 Å². The summed E-state index contributed by atoms with van der Waals surface area (Å²) in [5, 5.41) is 12.1. The first-order valence-corrected chi connectivity index (χ1v) is 5.35. The summed E-state index contributed by atoms with van der Waals surface area (Å²) >= 11 is 0. The van der Waals surface area contributed by atoms with Gasteiger partial charge in [-0.05, 0) is 17.7 Å². The van der Waals surface area contributed by atoms with Gasteiger partial charge in [-0.3, -0.25) is 0 Å². The third kappa shape index (κ3) is 2.57. The first-order chi connectivity index (χ1) is 7.72. The van der Waals surface area contributed by atoms with E-state index in [4.69, 9.17) is 10.00 Å². The number of hydrogen-bond donors (Lipinski definition) is 1. The molecule has 0 radical (unpaired) electrons. The topological polar surface area (TPSA) is 57.9 Å². The minimum atomic E-state index is 0.283. The van der Waals surface area contributed by atoms with E-state index in [9.17, 15) is 0 Å². The Hall–Kier alpha value is -1.44. The highest BCUT2D eigenvalue weighted by atomic mass is 16.5. The molecule has 0 unspecified atom stereocenters. The molecule has 84 valence electrons. The Labute approximate surface area is 95.3 Å². The monoisotopic (exact) mass is 217 g/mol. The number of nitriles is 1. The van der Waals surface area contributed by atoms with Crippen LogP contribution in [0.15, 0.2) is 18.3 Å². The zero-order chi connectivity index (χ0) is 11.4. The molecule has 2 heterocycles. The van der Waals surface area contributed by atoms with Crippen molar-refractivity contribution in [3.63, 3.8) is 0 Å². The van der Waals surface area contributed by atoms with Gasteiger partial charge in [-0.25, -0.2) is 4.98 Å². The Kier molecular flexibility index (Phi) is 3.18. The number of aromatic nitrogens is 1. The van der Waals surface area contributed by atoms with Crippen LogP contribution in [0.5, 0.6) is 0 Å². The van der Waals surface area contributed by atoms with E-state index in [0.717, 1.165) is 31.9 Å². The van der Waals surface area contributed by atoms with Crippen LogP contribution in [0.4, 0.5) is 0 Å². The fraction of sp³-hybridized carbons (Fsp3) is 0.500. The van der Waals surface area contributed by atoms with E-state index < -0.39 is 0 Å². The van der Waals surface area contributed by atoms with Crippen LogP contribution in [0, 0.1) is 16.7 Å². The Morgan fingerprint density at radius 1 is 1.62 bits per heavy atom. The maximum atomic E-state index is 8.71. The maximum absolute atomic E-state index is 8.71. The van der Waals surface area contributed by atoms with Gasteiger partial charge in [0.1, 0.15) is 11.8 Å². The van der Waals surface area contributed by atoms with Gasteiger partial charge in [-0.1, -0.05) is 6.92 Å². The van der Waals surface area contributed by atoms with E-state index in [1.54, 1.807) is 6.20 Å². The van der Waals surface area contributed by atoms with Crippen LogP contribution in [0.2, 0.25) is 0 Å². The molecule has 0 bridgehead atoms. The number of nitrogens with zero attached hydrogens (tertiary/aromatic N) is 2. The van der Waals surface area contributed by atoms with Crippen LogP contribution in [-0.4, -0.2) is 24.7 Å². The summed E-state index contributed by atoms with van der Waals surface area (Å²) in [6.07, 6.45) is 1.67. The van der Waals surface area contributed by atoms with Gasteiger partial charge < -0.3 is 10.1 Å². The van der Waals surface area contributed by atoms with Crippen molar-refractivity contribution in [2.24, 2.45) is 5.41 Å². The first kappa shape index (κ1) is 11.1. The summed E-state index contributed by atoms with van der Waals surface area (Å²) in [7, 11) is 0. The average molecular weight is 217 g/mol. The normalized spacial score (nSPS) is 17.5. The molecular weight excluding hydrogens is 202 g/mol. The lowest BCUT2D eigenvalue weighted by atomic mass is 9.89. The summed E-state index contributed by atoms with van der Waals surface area (Å²) in [4.78, 5) is 3.93. The molecule has 1 aliphatic rings. The number of pyridine rings is 1. The van der Waals surface area contributed by atoms with E-state index in [0.29, 0.717) is 5.69 Å². The minimum absolute atomic E-state index is 0.283. The third-order valence-corrected chi connectivity index (χ3v) is 2.72. The quantitative estimate of drug-likeness (QED) is 0.820. The van der Waals surface area contributed by atoms with E-state index in [2.05, 4.69) is 17.2 Å². The Morgan fingerprint density at radius 2 is 2.44 bits per heavy atom. The summed E-state index contributed by atoms with van der Waals surface area (Å²) in [5.74, 6) is 0. The van der Waals surface area contributed by atoms with Crippen LogP contribution >= 0.6 is 0 Å². The van der Waals surface area contributed by atoms with Gasteiger partial charge in [0.05, 0.1) is 13.2 Å². The summed E-state index contributed by atoms with van der Waals surface area (Å²) in [6, 6.07) is 5.77. The SMILES string of the molecule is CC1(CNCc2ccnc(C#N)c2)COC1. The molecule has 1 aliphatic heterocycles. The van der Waals surface area contributed by atoms with Gasteiger partial charge in [0.2, 0.25) is 0 Å². The molecule has 0 spiro atoms. The zero-order valence-corrected chi connectivity index (χ0v) is 9.36. The van der Waals surface area contributed by atoms with Crippen molar-refractivity contribution >= 4 is 0 Å². The molecule has 1 aromatic rings. The van der Waals surface area contributed by atoms with Crippen LogP contribution in [0.25, 0.3) is 0 Å². The molecule has 1 N–H and O–H groups in total. The predicted octanol–water partition coefficient (Wildman–Crippen LogP) is 1.08. The number of ether oxygens (including phenoxy) is 1. The molecular formula is C12H15N3O. The summed E-state index contributed by atoms with van der Waals surface area (Å²) in [5.41, 5.74) is 1.85. The van der Waals surface area contributed by atoms with Gasteiger partial charge in [0, 0.05) is 24.7 Å². The van der Waals surface area contributed by atoms with Crippen molar-refractivity contribution < 1.29 is 4.74 Å². The molecule has 0 aliphatic carbocycles. The standard InChI is InChI=1S/C12H15N3O/c1-12(8-16-9-12)7-14-6-10-2-3-15-11(4-10)5-13/h2-4,14H,6-9H2,1H3. The molecule has 2 rings (SSSR count). The summed E-state index contributed by atoms with van der Waals surface area (Å²) < 4.78 is 5.18. The number of rotatable bonds is 4. The van der Waals surface area contributed by atoms with Gasteiger partial charge in [0.15, 0.2) is 0 Å². The smallest absolute Gasteiger partial charge is 0.140 e. The lowest BCUT2D eigenvalue weighted by Crippen LogP contribution is -2.47. The van der Waals surface area contributed by atoms with Crippen LogP contribution in [-0.2, 0) is 11.3 Å². The summed E-state index contributed by atoms with van der Waals surface area (Å²) in [6.45, 7) is 5.58.